The van der Waals surface area contributed by atoms with Crippen molar-refractivity contribution in [2.45, 2.75) is 22.3 Å². The number of aliphatic carboxylic acids is 1. The fourth-order valence-electron chi connectivity index (χ4n) is 5.39. The molecule has 0 unspecified atom stereocenters. The van der Waals surface area contributed by atoms with E-state index in [4.69, 9.17) is 4.18 Å². The monoisotopic (exact) mass is 899 g/mol. The molecule has 0 saturated carbocycles. The number of carboxylic acids is 1. The molecule has 0 aliphatic carbocycles. The fraction of sp³-hybridized carbons (Fsp3) is 0.182. The van der Waals surface area contributed by atoms with Crippen molar-refractivity contribution in [2.24, 2.45) is 0 Å². The lowest BCUT2D eigenvalue weighted by molar-refractivity contribution is -0.138. The largest absolute Gasteiger partial charge is 0.480 e. The zero-order chi connectivity index (χ0) is 34.3. The SMILES string of the molecule is CN(C)c1cccc2c(S(=O)(=O)N[C@@H](Cc3cc(I)c(OS(=O)(=O)c4cccc5c(N(C)C)cccc45)c(I)c3)C(=O)O)cccc12. The van der Waals surface area contributed by atoms with Gasteiger partial charge in [-0.2, -0.15) is 13.1 Å². The van der Waals surface area contributed by atoms with Gasteiger partial charge in [0.2, 0.25) is 10.0 Å². The van der Waals surface area contributed by atoms with Crippen molar-refractivity contribution in [2.75, 3.05) is 38.0 Å². The Kier molecular flexibility index (Phi) is 10.3. The topological polar surface area (TPSA) is 133 Å². The van der Waals surface area contributed by atoms with Crippen LogP contribution in [0.25, 0.3) is 21.5 Å². The Balaban J connectivity index is 1.43. The summed E-state index contributed by atoms with van der Waals surface area (Å²) in [7, 11) is -1.07. The second kappa shape index (κ2) is 13.7. The first-order valence-electron chi connectivity index (χ1n) is 14.2. The summed E-state index contributed by atoms with van der Waals surface area (Å²) >= 11 is 3.86. The molecule has 47 heavy (non-hydrogen) atoms. The molecule has 1 atom stereocenters. The minimum absolute atomic E-state index is 0.0147. The highest BCUT2D eigenvalue weighted by atomic mass is 127. The van der Waals surface area contributed by atoms with Crippen LogP contribution in [0.3, 0.4) is 0 Å². The van der Waals surface area contributed by atoms with Crippen molar-refractivity contribution in [1.29, 1.82) is 0 Å². The van der Waals surface area contributed by atoms with E-state index < -0.39 is 32.2 Å². The minimum atomic E-state index is -4.27. The van der Waals surface area contributed by atoms with Crippen molar-refractivity contribution in [3.8, 4) is 5.75 Å². The molecule has 5 aromatic rings. The molecule has 0 aliphatic heterocycles. The van der Waals surface area contributed by atoms with Gasteiger partial charge >= 0.3 is 16.1 Å². The minimum Gasteiger partial charge on any atom is -0.480 e. The van der Waals surface area contributed by atoms with Crippen LogP contribution in [-0.4, -0.2) is 62.1 Å². The summed E-state index contributed by atoms with van der Waals surface area (Å²) in [5, 5.41) is 12.5. The Morgan fingerprint density at radius 1 is 0.745 bits per heavy atom. The quantitative estimate of drug-likeness (QED) is 0.120. The van der Waals surface area contributed by atoms with Gasteiger partial charge in [0.1, 0.15) is 10.9 Å². The maximum atomic E-state index is 13.6. The molecular formula is C33H31I2N3O7S2. The van der Waals surface area contributed by atoms with Crippen LogP contribution in [0, 0.1) is 7.14 Å². The highest BCUT2D eigenvalue weighted by Crippen LogP contribution is 2.36. The molecule has 0 aliphatic rings. The molecule has 0 amide bonds. The van der Waals surface area contributed by atoms with E-state index in [2.05, 4.69) is 4.72 Å². The molecule has 2 N–H and O–H groups in total. The van der Waals surface area contributed by atoms with Crippen molar-refractivity contribution < 1.29 is 30.9 Å². The molecule has 0 fully saturated rings. The first-order valence-corrected chi connectivity index (χ1v) is 19.2. The highest BCUT2D eigenvalue weighted by molar-refractivity contribution is 14.1. The summed E-state index contributed by atoms with van der Waals surface area (Å²) < 4.78 is 63.2. The fourth-order valence-corrected chi connectivity index (χ4v) is 10.4. The molecule has 0 spiro atoms. The third-order valence-corrected chi connectivity index (χ3v) is 11.9. The van der Waals surface area contributed by atoms with Crippen molar-refractivity contribution >= 4 is 104 Å². The van der Waals surface area contributed by atoms with Crippen LogP contribution in [0.2, 0.25) is 0 Å². The molecule has 0 aromatic heterocycles. The first kappa shape index (κ1) is 35.1. The molecule has 10 nitrogen and oxygen atoms in total. The summed E-state index contributed by atoms with van der Waals surface area (Å²) in [6.45, 7) is 0. The summed E-state index contributed by atoms with van der Waals surface area (Å²) in [5.74, 6) is -1.26. The Morgan fingerprint density at radius 3 is 1.68 bits per heavy atom. The number of benzene rings is 5. The number of sulfonamides is 1. The second-order valence-corrected chi connectivity index (χ2v) is 16.7. The molecular weight excluding hydrogens is 868 g/mol. The van der Waals surface area contributed by atoms with E-state index in [1.807, 2.05) is 107 Å². The average Bonchev–Trinajstić information content (AvgIpc) is 3.01. The lowest BCUT2D eigenvalue weighted by Crippen LogP contribution is -2.42. The second-order valence-electron chi connectivity index (χ2n) is 11.2. The molecule has 0 bridgehead atoms. The van der Waals surface area contributed by atoms with Gasteiger partial charge in [0.25, 0.3) is 0 Å². The molecule has 14 heteroatoms. The van der Waals surface area contributed by atoms with Crippen LogP contribution in [0.4, 0.5) is 11.4 Å². The predicted octanol–water partition coefficient (Wildman–Crippen LogP) is 6.08. The molecule has 0 saturated heterocycles. The van der Waals surface area contributed by atoms with Gasteiger partial charge in [-0.15, -0.1) is 0 Å². The Hall–Kier alpha value is -3.19. The van der Waals surface area contributed by atoms with Crippen molar-refractivity contribution in [3.05, 3.63) is 97.6 Å². The smallest absolute Gasteiger partial charge is 0.339 e. The van der Waals surface area contributed by atoms with Crippen LogP contribution in [0.5, 0.6) is 5.75 Å². The summed E-state index contributed by atoms with van der Waals surface area (Å²) in [4.78, 5) is 16.1. The molecule has 5 rings (SSSR count). The van der Waals surface area contributed by atoms with E-state index in [-0.39, 0.29) is 22.0 Å². The van der Waals surface area contributed by atoms with Crippen molar-refractivity contribution in [3.63, 3.8) is 0 Å². The number of fused-ring (bicyclic) bond motifs is 2. The zero-order valence-electron chi connectivity index (χ0n) is 25.7. The van der Waals surface area contributed by atoms with E-state index in [9.17, 15) is 26.7 Å². The summed E-state index contributed by atoms with van der Waals surface area (Å²) in [6, 6.07) is 22.3. The van der Waals surface area contributed by atoms with Gasteiger partial charge < -0.3 is 19.1 Å². The van der Waals surface area contributed by atoms with E-state index in [1.54, 1.807) is 48.5 Å². The third-order valence-electron chi connectivity index (χ3n) is 7.53. The van der Waals surface area contributed by atoms with Crippen LogP contribution in [0.1, 0.15) is 5.56 Å². The van der Waals surface area contributed by atoms with Gasteiger partial charge in [-0.3, -0.25) is 4.79 Å². The number of halogens is 2. The number of carboxylic acid groups (broad SMARTS) is 1. The van der Waals surface area contributed by atoms with E-state index in [0.29, 0.717) is 28.9 Å². The van der Waals surface area contributed by atoms with Gasteiger partial charge in [0.05, 0.1) is 12.0 Å². The zero-order valence-corrected chi connectivity index (χ0v) is 31.7. The number of rotatable bonds is 11. The lowest BCUT2D eigenvalue weighted by atomic mass is 10.1. The first-order chi connectivity index (χ1) is 22.1. The van der Waals surface area contributed by atoms with Gasteiger partial charge in [-0.25, -0.2) is 8.42 Å². The summed E-state index contributed by atoms with van der Waals surface area (Å²) in [5.41, 5.74) is 2.16. The maximum Gasteiger partial charge on any atom is 0.339 e. The van der Waals surface area contributed by atoms with Crippen LogP contribution >= 0.6 is 45.2 Å². The predicted molar refractivity (Wildman–Crippen MR) is 202 cm³/mol. The Labute approximate surface area is 301 Å². The number of carbonyl (C=O) groups is 1. The molecule has 0 heterocycles. The number of hydrogen-bond donors (Lipinski definition) is 2. The van der Waals surface area contributed by atoms with Crippen LogP contribution in [-0.2, 0) is 31.4 Å². The normalized spacial score (nSPS) is 12.6. The number of anilines is 2. The van der Waals surface area contributed by atoms with E-state index in [0.717, 1.165) is 16.8 Å². The molecule has 246 valence electrons. The molecule has 0 radical (unpaired) electrons. The van der Waals surface area contributed by atoms with Gasteiger partial charge in [0, 0.05) is 61.1 Å². The molecule has 5 aromatic carbocycles. The number of hydrogen-bond acceptors (Lipinski definition) is 8. The van der Waals surface area contributed by atoms with Crippen LogP contribution in [0.15, 0.2) is 94.7 Å². The Morgan fingerprint density at radius 2 is 1.19 bits per heavy atom. The highest BCUT2D eigenvalue weighted by Gasteiger charge is 2.29. The number of nitrogens with zero attached hydrogens (tertiary/aromatic N) is 2. The number of nitrogens with one attached hydrogen (secondary N) is 1. The van der Waals surface area contributed by atoms with Crippen LogP contribution < -0.4 is 18.7 Å². The van der Waals surface area contributed by atoms with E-state index in [1.165, 1.54) is 12.1 Å². The Bertz CT molecular complexity index is 2220. The maximum absolute atomic E-state index is 13.6. The van der Waals surface area contributed by atoms with Gasteiger partial charge in [-0.1, -0.05) is 48.5 Å². The standard InChI is InChI=1S/C33H31I2N3O7S2/c1-37(2)28-13-5-11-23-21(28)9-7-15-30(23)46(41,42)36-27(33(39)40)19-20-17-25(34)32(26(35)18-20)45-47(43,44)31-16-8-10-22-24(31)12-6-14-29(22)38(3)4/h5-18,27,36H,19H2,1-4H3,(H,39,40)/t27-/m0/s1. The lowest BCUT2D eigenvalue weighted by Gasteiger charge is -2.19. The van der Waals surface area contributed by atoms with Gasteiger partial charge in [-0.05, 0) is 93.6 Å². The van der Waals surface area contributed by atoms with Crippen molar-refractivity contribution in [1.82, 2.24) is 4.72 Å². The van der Waals surface area contributed by atoms with Gasteiger partial charge in [0.15, 0.2) is 5.75 Å². The summed E-state index contributed by atoms with van der Waals surface area (Å²) in [6.07, 6.45) is -0.196. The average molecular weight is 900 g/mol. The van der Waals surface area contributed by atoms with E-state index >= 15 is 0 Å². The third kappa shape index (κ3) is 7.30.